The van der Waals surface area contributed by atoms with Crippen LogP contribution in [0.3, 0.4) is 0 Å². The molecule has 68 heavy (non-hydrogen) atoms. The molecule has 0 amide bonds. The van der Waals surface area contributed by atoms with E-state index in [4.69, 9.17) is 4.42 Å². The fourth-order valence-corrected chi connectivity index (χ4v) is 13.0. The summed E-state index contributed by atoms with van der Waals surface area (Å²) in [6.45, 7) is 6.85. The van der Waals surface area contributed by atoms with Crippen LogP contribution in [0.2, 0.25) is 0 Å². The molecule has 324 valence electrons. The van der Waals surface area contributed by atoms with Gasteiger partial charge in [0.25, 0.3) is 0 Å². The van der Waals surface area contributed by atoms with Crippen LogP contribution < -0.4 is 10.6 Å². The van der Waals surface area contributed by atoms with Crippen LogP contribution in [-0.2, 0) is 5.41 Å². The van der Waals surface area contributed by atoms with E-state index in [1.54, 1.807) is 0 Å². The molecule has 0 radical (unpaired) electrons. The molecular weight excluding hydrogens is 845 g/mol. The number of furan rings is 1. The van der Waals surface area contributed by atoms with Crippen LogP contribution in [0.1, 0.15) is 50.1 Å². The predicted molar refractivity (Wildman–Crippen MR) is 289 cm³/mol. The third-order valence-corrected chi connectivity index (χ3v) is 16.2. The molecule has 0 saturated heterocycles. The summed E-state index contributed by atoms with van der Waals surface area (Å²) in [6, 6.07) is 63.5. The van der Waals surface area contributed by atoms with Gasteiger partial charge in [0.15, 0.2) is 0 Å². The van der Waals surface area contributed by atoms with E-state index in [1.807, 2.05) is 17.4 Å². The van der Waals surface area contributed by atoms with Crippen LogP contribution >= 0.6 is 11.3 Å². The summed E-state index contributed by atoms with van der Waals surface area (Å²) in [5.74, 6) is 0. The van der Waals surface area contributed by atoms with Crippen molar-refractivity contribution >= 4 is 87.3 Å². The molecule has 0 aliphatic heterocycles. The number of fused-ring (bicyclic) bond motifs is 11. The summed E-state index contributed by atoms with van der Waals surface area (Å²) in [5, 5.41) is 8.62. The molecule has 3 nitrogen and oxygen atoms in total. The van der Waals surface area contributed by atoms with Crippen molar-refractivity contribution in [3.05, 3.63) is 222 Å². The highest BCUT2D eigenvalue weighted by molar-refractivity contribution is 7.26. The first kappa shape index (κ1) is 39.3. The van der Waals surface area contributed by atoms with Gasteiger partial charge in [-0.25, -0.2) is 0 Å². The Labute approximate surface area is 398 Å². The third kappa shape index (κ3) is 5.77. The van der Waals surface area contributed by atoms with Crippen molar-refractivity contribution in [1.29, 1.82) is 0 Å². The molecule has 0 N–H and O–H groups in total. The van der Waals surface area contributed by atoms with E-state index in [9.17, 15) is 0 Å². The minimum Gasteiger partial charge on any atom is -0.456 e. The topological polar surface area (TPSA) is 23.0 Å². The number of thiophene rings is 1. The molecule has 0 fully saturated rings. The summed E-state index contributed by atoms with van der Waals surface area (Å²) in [4.78, 5) is 0. The number of nitrogens with zero attached hydrogens (tertiary/aromatic N) is 2. The molecule has 14 rings (SSSR count). The Bertz CT molecular complexity index is 4280. The molecule has 4 heteroatoms. The molecule has 2 aliphatic rings. The van der Waals surface area contributed by atoms with Gasteiger partial charge in [-0.2, -0.15) is 0 Å². The average Bonchev–Trinajstić information content (AvgIpc) is 4.17. The summed E-state index contributed by atoms with van der Waals surface area (Å²) in [6.07, 6.45) is 14.4. The van der Waals surface area contributed by atoms with Gasteiger partial charge in [0, 0.05) is 69.6 Å². The Morgan fingerprint density at radius 3 is 2.18 bits per heavy atom. The maximum absolute atomic E-state index is 6.59. The third-order valence-electron chi connectivity index (χ3n) is 15.0. The Morgan fingerprint density at radius 2 is 1.32 bits per heavy atom. The van der Waals surface area contributed by atoms with Crippen molar-refractivity contribution in [2.75, 3.05) is 0 Å². The number of para-hydroxylation sites is 1. The molecule has 1 unspecified atom stereocenters. The van der Waals surface area contributed by atoms with Crippen molar-refractivity contribution in [2.24, 2.45) is 0 Å². The Balaban J connectivity index is 0.938. The van der Waals surface area contributed by atoms with Crippen LogP contribution in [-0.4, -0.2) is 9.13 Å². The van der Waals surface area contributed by atoms with Gasteiger partial charge < -0.3 is 13.6 Å². The van der Waals surface area contributed by atoms with Crippen LogP contribution in [0.4, 0.5) is 0 Å². The van der Waals surface area contributed by atoms with Crippen molar-refractivity contribution in [1.82, 2.24) is 9.13 Å². The monoisotopic (exact) mass is 890 g/mol. The molecular formula is C64H46N2OS. The lowest BCUT2D eigenvalue weighted by Crippen LogP contribution is -2.20. The fraction of sp³-hybridized carbons (Fsp3) is 0.0938. The van der Waals surface area contributed by atoms with Crippen molar-refractivity contribution in [3.8, 4) is 39.1 Å². The van der Waals surface area contributed by atoms with E-state index < -0.39 is 0 Å². The zero-order chi connectivity index (χ0) is 45.3. The second-order valence-corrected chi connectivity index (χ2v) is 20.2. The zero-order valence-electron chi connectivity index (χ0n) is 38.1. The van der Waals surface area contributed by atoms with Crippen molar-refractivity contribution in [3.63, 3.8) is 0 Å². The fourth-order valence-electron chi connectivity index (χ4n) is 11.7. The molecule has 0 saturated carbocycles. The lowest BCUT2D eigenvalue weighted by molar-refractivity contribution is 0.575. The molecule has 2 aliphatic carbocycles. The minimum atomic E-state index is -0.0753. The Hall–Kier alpha value is -7.92. The first-order chi connectivity index (χ1) is 33.4. The van der Waals surface area contributed by atoms with Gasteiger partial charge in [0.2, 0.25) is 0 Å². The van der Waals surface area contributed by atoms with E-state index in [-0.39, 0.29) is 11.5 Å². The normalized spacial score (nSPS) is 15.8. The molecule has 0 spiro atoms. The van der Waals surface area contributed by atoms with Gasteiger partial charge in [0.1, 0.15) is 11.0 Å². The second kappa shape index (κ2) is 14.8. The summed E-state index contributed by atoms with van der Waals surface area (Å²) < 4.78 is 14.2. The van der Waals surface area contributed by atoms with Crippen LogP contribution in [0.25, 0.3) is 115 Å². The molecule has 1 atom stereocenters. The Kier molecular flexibility index (Phi) is 8.54. The van der Waals surface area contributed by atoms with Gasteiger partial charge in [-0.1, -0.05) is 147 Å². The highest BCUT2D eigenvalue weighted by atomic mass is 32.1. The number of hydrogen-bond donors (Lipinski definition) is 0. The SMILES string of the molecule is C/C=c1\c(=C/c2cc3cc(-c4ccc5c(c4)c4cc6c(cc4n5C4C=CC=CC4)C(C)(C)c4ccccc4-6)ccc3n2-c2ccc(-c3cccc4c3sc3ccccc34)cc2)oc2ccccc12. The molecule has 4 heterocycles. The van der Waals surface area contributed by atoms with Gasteiger partial charge in [-0.3, -0.25) is 0 Å². The zero-order valence-corrected chi connectivity index (χ0v) is 38.9. The highest BCUT2D eigenvalue weighted by Crippen LogP contribution is 2.51. The number of aromatic nitrogens is 2. The smallest absolute Gasteiger partial charge is 0.137 e. The van der Waals surface area contributed by atoms with Crippen molar-refractivity contribution < 1.29 is 4.42 Å². The molecule has 4 aromatic heterocycles. The highest BCUT2D eigenvalue weighted by Gasteiger charge is 2.36. The number of rotatable bonds is 5. The molecule has 12 aromatic rings. The molecule has 8 aromatic carbocycles. The largest absolute Gasteiger partial charge is 0.456 e. The number of hydrogen-bond acceptors (Lipinski definition) is 2. The first-order valence-corrected chi connectivity index (χ1v) is 24.6. The summed E-state index contributed by atoms with van der Waals surface area (Å²) in [7, 11) is 0. The van der Waals surface area contributed by atoms with Crippen molar-refractivity contribution in [2.45, 2.75) is 38.6 Å². The lowest BCUT2D eigenvalue weighted by atomic mass is 9.82. The minimum absolute atomic E-state index is 0.0753. The van der Waals surface area contributed by atoms with E-state index in [0.717, 1.165) is 44.9 Å². The van der Waals surface area contributed by atoms with E-state index >= 15 is 0 Å². The van der Waals surface area contributed by atoms with Gasteiger partial charge in [-0.05, 0) is 125 Å². The summed E-state index contributed by atoms with van der Waals surface area (Å²) >= 11 is 1.88. The van der Waals surface area contributed by atoms with Crippen LogP contribution in [0, 0.1) is 0 Å². The maximum atomic E-state index is 6.59. The van der Waals surface area contributed by atoms with Crippen LogP contribution in [0.5, 0.6) is 0 Å². The van der Waals surface area contributed by atoms with Gasteiger partial charge >= 0.3 is 0 Å². The molecule has 0 bridgehead atoms. The standard InChI is InChI=1S/C64H46N2OS/c1-4-46-49-18-9-12-23-60(49)67-61(46)36-45-34-42-33-40(27-31-57(42)65(45)44-29-25-39(26-30-44)47-20-14-21-51-50-19-10-13-24-62(50)68-63(47)51)41-28-32-58-53(35-41)54-37-52-48-17-8-11-22-55(48)64(2,3)56(52)38-59(54)66(58)43-15-6-5-7-16-43/h4-15,17-38,43H,16H2,1-3H3/b46-4-,61-36+. The summed E-state index contributed by atoms with van der Waals surface area (Å²) in [5.41, 5.74) is 17.9. The quantitative estimate of drug-likeness (QED) is 0.169. The Morgan fingerprint density at radius 1 is 0.588 bits per heavy atom. The number of benzene rings is 8. The average molecular weight is 891 g/mol. The predicted octanol–water partition coefficient (Wildman–Crippen LogP) is 16.2. The van der Waals surface area contributed by atoms with Gasteiger partial charge in [-0.15, -0.1) is 11.3 Å². The first-order valence-electron chi connectivity index (χ1n) is 23.8. The van der Waals surface area contributed by atoms with Crippen LogP contribution in [0.15, 0.2) is 199 Å². The van der Waals surface area contributed by atoms with E-state index in [1.165, 1.54) is 91.9 Å². The number of allylic oxidation sites excluding steroid dienone is 4. The maximum Gasteiger partial charge on any atom is 0.137 e. The van der Waals surface area contributed by atoms with Gasteiger partial charge in [0.05, 0.1) is 22.8 Å². The van der Waals surface area contributed by atoms with E-state index in [2.05, 4.69) is 230 Å². The second-order valence-electron chi connectivity index (χ2n) is 19.1. The van der Waals surface area contributed by atoms with E-state index in [0.29, 0.717) is 0 Å². The lowest BCUT2D eigenvalue weighted by Gasteiger charge is -2.23.